The molecule has 0 aliphatic heterocycles. The monoisotopic (exact) mass is 344 g/mol. The van der Waals surface area contributed by atoms with E-state index in [-0.39, 0.29) is 30.1 Å². The third-order valence-electron chi connectivity index (χ3n) is 3.65. The van der Waals surface area contributed by atoms with Gasteiger partial charge in [-0.2, -0.15) is 0 Å². The molecule has 1 aromatic carbocycles. The molecule has 0 aromatic heterocycles. The van der Waals surface area contributed by atoms with Crippen LogP contribution in [0.1, 0.15) is 40.0 Å². The van der Waals surface area contributed by atoms with E-state index < -0.39 is 15.8 Å². The van der Waals surface area contributed by atoms with Crippen molar-refractivity contribution in [2.45, 2.75) is 45.6 Å². The summed E-state index contributed by atoms with van der Waals surface area (Å²) in [7, 11) is -3.62. The Bertz CT molecular complexity index is 644. The highest BCUT2D eigenvalue weighted by atomic mass is 32.2. The lowest BCUT2D eigenvalue weighted by atomic mass is 10.0. The summed E-state index contributed by atoms with van der Waals surface area (Å²) < 4.78 is 38.6. The summed E-state index contributed by atoms with van der Waals surface area (Å²) >= 11 is 0. The minimum Gasteiger partial charge on any atom is -0.351 e. The molecule has 0 aliphatic carbocycles. The van der Waals surface area contributed by atoms with E-state index in [2.05, 4.69) is 5.32 Å². The normalized spacial score (nSPS) is 12.0. The maximum Gasteiger partial charge on any atom is 0.232 e. The van der Waals surface area contributed by atoms with E-state index in [1.165, 1.54) is 18.2 Å². The van der Waals surface area contributed by atoms with Crippen LogP contribution in [0.5, 0.6) is 0 Å². The highest BCUT2D eigenvalue weighted by molar-refractivity contribution is 7.92. The molecule has 7 heteroatoms. The summed E-state index contributed by atoms with van der Waals surface area (Å²) in [5.41, 5.74) is -0.289. The first kappa shape index (κ1) is 19.4. The summed E-state index contributed by atoms with van der Waals surface area (Å²) in [4.78, 5) is 11.9. The maximum atomic E-state index is 13.8. The zero-order valence-corrected chi connectivity index (χ0v) is 14.9. The molecular formula is C16H25FN2O3S. The predicted octanol–water partition coefficient (Wildman–Crippen LogP) is 2.68. The highest BCUT2D eigenvalue weighted by Crippen LogP contribution is 2.21. The van der Waals surface area contributed by atoms with Crippen LogP contribution in [-0.2, 0) is 14.8 Å². The van der Waals surface area contributed by atoms with Crippen molar-refractivity contribution < 1.29 is 17.6 Å². The van der Waals surface area contributed by atoms with Gasteiger partial charge in [-0.25, -0.2) is 12.8 Å². The molecule has 0 radical (unpaired) electrons. The van der Waals surface area contributed by atoms with E-state index >= 15 is 0 Å². The molecule has 0 bridgehead atoms. The first-order chi connectivity index (χ1) is 10.6. The summed E-state index contributed by atoms with van der Waals surface area (Å²) in [6, 6.07) is 5.70. The molecule has 1 aromatic rings. The third-order valence-corrected chi connectivity index (χ3v) is 4.83. The molecule has 0 heterocycles. The molecule has 0 saturated carbocycles. The molecule has 130 valence electrons. The Morgan fingerprint density at radius 3 is 2.43 bits per heavy atom. The minimum atomic E-state index is -3.62. The summed E-state index contributed by atoms with van der Waals surface area (Å²) in [6.07, 6.45) is 2.32. The van der Waals surface area contributed by atoms with E-state index in [9.17, 15) is 17.6 Å². The highest BCUT2D eigenvalue weighted by Gasteiger charge is 2.21. The fourth-order valence-corrected chi connectivity index (χ4v) is 3.00. The van der Waals surface area contributed by atoms with E-state index in [1.54, 1.807) is 6.07 Å². The molecule has 23 heavy (non-hydrogen) atoms. The molecule has 0 fully saturated rings. The average molecular weight is 344 g/mol. The Morgan fingerprint density at radius 1 is 1.30 bits per heavy atom. The van der Waals surface area contributed by atoms with Gasteiger partial charge in [-0.05, 0) is 38.8 Å². The van der Waals surface area contributed by atoms with Gasteiger partial charge in [0, 0.05) is 18.5 Å². The van der Waals surface area contributed by atoms with Crippen molar-refractivity contribution in [3.63, 3.8) is 0 Å². The van der Waals surface area contributed by atoms with Crippen molar-refractivity contribution in [3.05, 3.63) is 30.1 Å². The van der Waals surface area contributed by atoms with Gasteiger partial charge >= 0.3 is 0 Å². The SMILES string of the molecule is CCC(C)(C)NC(=O)CCCN(c1ccccc1F)S(C)(=O)=O. The second-order valence-electron chi connectivity index (χ2n) is 6.18. The van der Waals surface area contributed by atoms with Crippen molar-refractivity contribution in [2.75, 3.05) is 17.1 Å². The van der Waals surface area contributed by atoms with Crippen LogP contribution in [0.3, 0.4) is 0 Å². The quantitative estimate of drug-likeness (QED) is 0.788. The van der Waals surface area contributed by atoms with Crippen LogP contribution in [0.2, 0.25) is 0 Å². The molecule has 1 amide bonds. The number of nitrogens with one attached hydrogen (secondary N) is 1. The number of hydrogen-bond donors (Lipinski definition) is 1. The average Bonchev–Trinajstić information content (AvgIpc) is 2.43. The molecule has 1 rings (SSSR count). The zero-order valence-electron chi connectivity index (χ0n) is 14.1. The van der Waals surface area contributed by atoms with Gasteiger partial charge in [0.2, 0.25) is 15.9 Å². The van der Waals surface area contributed by atoms with E-state index in [0.29, 0.717) is 6.42 Å². The van der Waals surface area contributed by atoms with Crippen LogP contribution in [0.4, 0.5) is 10.1 Å². The Kier molecular flexibility index (Phi) is 6.56. The topological polar surface area (TPSA) is 66.5 Å². The fraction of sp³-hybridized carbons (Fsp3) is 0.562. The summed E-state index contributed by atoms with van der Waals surface area (Å²) in [5.74, 6) is -0.742. The predicted molar refractivity (Wildman–Crippen MR) is 90.3 cm³/mol. The van der Waals surface area contributed by atoms with Crippen LogP contribution >= 0.6 is 0 Å². The number of amides is 1. The van der Waals surface area contributed by atoms with Gasteiger partial charge in [0.25, 0.3) is 0 Å². The maximum absolute atomic E-state index is 13.8. The Labute approximate surface area is 137 Å². The van der Waals surface area contributed by atoms with E-state index in [4.69, 9.17) is 0 Å². The number of sulfonamides is 1. The largest absolute Gasteiger partial charge is 0.351 e. The Morgan fingerprint density at radius 2 is 1.91 bits per heavy atom. The Hall–Kier alpha value is -1.63. The van der Waals surface area contributed by atoms with Crippen LogP contribution in [0.15, 0.2) is 24.3 Å². The van der Waals surface area contributed by atoms with Crippen molar-refractivity contribution in [1.29, 1.82) is 0 Å². The molecule has 0 atom stereocenters. The first-order valence-corrected chi connectivity index (χ1v) is 9.45. The first-order valence-electron chi connectivity index (χ1n) is 7.60. The molecule has 0 aliphatic rings. The fourth-order valence-electron chi connectivity index (χ4n) is 2.03. The van der Waals surface area contributed by atoms with Crippen LogP contribution in [0, 0.1) is 5.82 Å². The third kappa shape index (κ3) is 6.17. The molecule has 5 nitrogen and oxygen atoms in total. The van der Waals surface area contributed by atoms with Gasteiger partial charge in [-0.3, -0.25) is 9.10 Å². The number of anilines is 1. The van der Waals surface area contributed by atoms with Crippen molar-refractivity contribution >= 4 is 21.6 Å². The molecule has 0 unspecified atom stereocenters. The number of halogens is 1. The lowest BCUT2D eigenvalue weighted by Gasteiger charge is -2.25. The van der Waals surface area contributed by atoms with Gasteiger partial charge in [0.1, 0.15) is 5.82 Å². The van der Waals surface area contributed by atoms with Gasteiger partial charge in [0.05, 0.1) is 11.9 Å². The molecule has 0 spiro atoms. The zero-order chi connectivity index (χ0) is 17.7. The van der Waals surface area contributed by atoms with Crippen LogP contribution in [0.25, 0.3) is 0 Å². The van der Waals surface area contributed by atoms with Crippen molar-refractivity contribution in [1.82, 2.24) is 5.32 Å². The smallest absolute Gasteiger partial charge is 0.232 e. The molecule has 1 N–H and O–H groups in total. The second-order valence-corrected chi connectivity index (χ2v) is 8.08. The van der Waals surface area contributed by atoms with Crippen molar-refractivity contribution in [3.8, 4) is 0 Å². The van der Waals surface area contributed by atoms with Gasteiger partial charge in [0.15, 0.2) is 0 Å². The van der Waals surface area contributed by atoms with E-state index in [1.807, 2.05) is 20.8 Å². The number of carbonyl (C=O) groups excluding carboxylic acids is 1. The van der Waals surface area contributed by atoms with E-state index in [0.717, 1.165) is 17.0 Å². The number of rotatable bonds is 8. The molecule has 0 saturated heterocycles. The number of nitrogens with zero attached hydrogens (tertiary/aromatic N) is 1. The Balaban J connectivity index is 2.72. The number of hydrogen-bond acceptors (Lipinski definition) is 3. The lowest BCUT2D eigenvalue weighted by molar-refractivity contribution is -0.122. The standard InChI is InChI=1S/C16H25FN2O3S/c1-5-16(2,3)18-15(20)11-8-12-19(23(4,21)22)14-10-7-6-9-13(14)17/h6-7,9-10H,5,8,11-12H2,1-4H3,(H,18,20). The summed E-state index contributed by atoms with van der Waals surface area (Å²) in [5, 5.41) is 2.89. The van der Waals surface area contributed by atoms with Crippen molar-refractivity contribution in [2.24, 2.45) is 0 Å². The lowest BCUT2D eigenvalue weighted by Crippen LogP contribution is -2.43. The van der Waals surface area contributed by atoms with Crippen LogP contribution < -0.4 is 9.62 Å². The van der Waals surface area contributed by atoms with Gasteiger partial charge < -0.3 is 5.32 Å². The minimum absolute atomic E-state index is 0.00398. The number of carbonyl (C=O) groups is 1. The summed E-state index contributed by atoms with van der Waals surface area (Å²) in [6.45, 7) is 5.88. The number of para-hydroxylation sites is 1. The second kappa shape index (κ2) is 7.77. The van der Waals surface area contributed by atoms with Gasteiger partial charge in [-0.1, -0.05) is 19.1 Å². The number of benzene rings is 1. The molecular weight excluding hydrogens is 319 g/mol. The van der Waals surface area contributed by atoms with Gasteiger partial charge in [-0.15, -0.1) is 0 Å². The van der Waals surface area contributed by atoms with Crippen LogP contribution in [-0.4, -0.2) is 32.7 Å².